The normalized spacial score (nSPS) is 36.0. The molecule has 214 valence electrons. The SMILES string of the molecule is Cc1nnc(N2CCN(CC[C@@]3(O)CC[C@H]4[C@@H]5CCC6=CCCC[C@]6(C)C5=CC[C@@]43C)CC2)n1-c1ccccc1. The van der Waals surface area contributed by atoms with Crippen molar-refractivity contribution in [2.24, 2.45) is 22.7 Å². The molecule has 0 spiro atoms. The second kappa shape index (κ2) is 9.84. The molecule has 1 aromatic heterocycles. The Morgan fingerprint density at radius 3 is 2.58 bits per heavy atom. The van der Waals surface area contributed by atoms with Gasteiger partial charge in [-0.1, -0.05) is 55.3 Å². The third kappa shape index (κ3) is 4.04. The Morgan fingerprint density at radius 2 is 1.77 bits per heavy atom. The molecule has 2 saturated carbocycles. The Balaban J connectivity index is 1.01. The standard InChI is InChI=1S/C34H47N5O/c1-25-35-36-31(39(25)27-10-5-4-6-11-27)38-23-21-37(22-24-38)20-19-34(40)18-15-30-28-13-12-26-9-7-8-16-32(26,2)29(28)14-17-33(30,34)3/h4-6,9-11,14,28,30,40H,7-8,12-13,15-24H2,1-3H3/t28-,30+,32+,33+,34+/m1/s1. The Hall–Kier alpha value is -2.44. The van der Waals surface area contributed by atoms with Gasteiger partial charge < -0.3 is 10.0 Å². The van der Waals surface area contributed by atoms with Crippen molar-refractivity contribution in [3.05, 3.63) is 59.5 Å². The van der Waals surface area contributed by atoms with Crippen LogP contribution in [0.2, 0.25) is 0 Å². The van der Waals surface area contributed by atoms with Crippen molar-refractivity contribution in [1.29, 1.82) is 0 Å². The van der Waals surface area contributed by atoms with E-state index in [1.165, 1.54) is 38.5 Å². The number of hydrogen-bond donors (Lipinski definition) is 1. The van der Waals surface area contributed by atoms with Gasteiger partial charge in [-0.15, -0.1) is 10.2 Å². The van der Waals surface area contributed by atoms with Crippen LogP contribution in [-0.2, 0) is 0 Å². The molecule has 5 atom stereocenters. The minimum absolute atomic E-state index is 0.00113. The number of fused-ring (bicyclic) bond motifs is 5. The Morgan fingerprint density at radius 1 is 0.975 bits per heavy atom. The zero-order valence-corrected chi connectivity index (χ0v) is 24.8. The first-order valence-electron chi connectivity index (χ1n) is 15.9. The molecule has 1 aromatic carbocycles. The van der Waals surface area contributed by atoms with E-state index < -0.39 is 5.60 Å². The van der Waals surface area contributed by atoms with Crippen LogP contribution in [0.25, 0.3) is 5.69 Å². The molecule has 1 N–H and O–H groups in total. The monoisotopic (exact) mass is 541 g/mol. The Labute approximate surface area is 240 Å². The lowest BCUT2D eigenvalue weighted by molar-refractivity contribution is -0.0905. The number of aryl methyl sites for hydroxylation is 1. The largest absolute Gasteiger partial charge is 0.389 e. The van der Waals surface area contributed by atoms with Gasteiger partial charge in [0.15, 0.2) is 0 Å². The minimum Gasteiger partial charge on any atom is -0.389 e. The summed E-state index contributed by atoms with van der Waals surface area (Å²) in [7, 11) is 0. The summed E-state index contributed by atoms with van der Waals surface area (Å²) in [4.78, 5) is 4.93. The van der Waals surface area contributed by atoms with Crippen molar-refractivity contribution in [2.75, 3.05) is 37.6 Å². The van der Waals surface area contributed by atoms with Crippen LogP contribution < -0.4 is 4.90 Å². The van der Waals surface area contributed by atoms with Gasteiger partial charge in [-0.3, -0.25) is 9.47 Å². The molecule has 6 heteroatoms. The predicted octanol–water partition coefficient (Wildman–Crippen LogP) is 6.09. The first kappa shape index (κ1) is 26.5. The smallest absolute Gasteiger partial charge is 0.231 e. The number of para-hydroxylation sites is 1. The number of hydrogen-bond acceptors (Lipinski definition) is 5. The molecule has 1 saturated heterocycles. The van der Waals surface area contributed by atoms with Crippen molar-refractivity contribution < 1.29 is 5.11 Å². The van der Waals surface area contributed by atoms with Crippen LogP contribution >= 0.6 is 0 Å². The summed E-state index contributed by atoms with van der Waals surface area (Å²) in [6.07, 6.45) is 15.7. The third-order valence-corrected chi connectivity index (χ3v) is 12.0. The maximum Gasteiger partial charge on any atom is 0.231 e. The van der Waals surface area contributed by atoms with Gasteiger partial charge in [-0.05, 0) is 88.7 Å². The average Bonchev–Trinajstić information content (AvgIpc) is 3.49. The van der Waals surface area contributed by atoms with Gasteiger partial charge in [-0.2, -0.15) is 0 Å². The van der Waals surface area contributed by atoms with Gasteiger partial charge >= 0.3 is 0 Å². The zero-order chi connectivity index (χ0) is 27.5. The quantitative estimate of drug-likeness (QED) is 0.464. The lowest BCUT2D eigenvalue weighted by Crippen LogP contribution is -2.53. The first-order chi connectivity index (χ1) is 19.3. The molecule has 2 heterocycles. The Kier molecular flexibility index (Phi) is 6.51. The molecule has 0 bridgehead atoms. The van der Waals surface area contributed by atoms with Crippen LogP contribution in [-0.4, -0.2) is 63.1 Å². The number of aliphatic hydroxyl groups is 1. The number of rotatable bonds is 5. The summed E-state index contributed by atoms with van der Waals surface area (Å²) in [5.41, 5.74) is 4.30. The molecule has 0 unspecified atom stereocenters. The highest BCUT2D eigenvalue weighted by Gasteiger charge is 2.61. The zero-order valence-electron chi connectivity index (χ0n) is 24.8. The minimum atomic E-state index is -0.564. The van der Waals surface area contributed by atoms with E-state index in [9.17, 15) is 5.11 Å². The summed E-state index contributed by atoms with van der Waals surface area (Å²) in [5, 5.41) is 21.2. The van der Waals surface area contributed by atoms with E-state index in [0.29, 0.717) is 17.3 Å². The van der Waals surface area contributed by atoms with E-state index in [-0.39, 0.29) is 5.41 Å². The van der Waals surface area contributed by atoms with Gasteiger partial charge in [0.2, 0.25) is 5.95 Å². The van der Waals surface area contributed by atoms with Crippen LogP contribution in [0.4, 0.5) is 5.95 Å². The lowest BCUT2D eigenvalue weighted by atomic mass is 9.50. The van der Waals surface area contributed by atoms with Gasteiger partial charge in [0.05, 0.1) is 11.3 Å². The van der Waals surface area contributed by atoms with Crippen LogP contribution in [0, 0.1) is 29.6 Å². The average molecular weight is 542 g/mol. The molecular weight excluding hydrogens is 494 g/mol. The van der Waals surface area contributed by atoms with Crippen molar-refractivity contribution in [3.8, 4) is 5.69 Å². The van der Waals surface area contributed by atoms with Crippen LogP contribution in [0.1, 0.15) is 77.5 Å². The van der Waals surface area contributed by atoms with E-state index >= 15 is 0 Å². The van der Waals surface area contributed by atoms with Crippen molar-refractivity contribution in [1.82, 2.24) is 19.7 Å². The van der Waals surface area contributed by atoms with Gasteiger partial charge in [0, 0.05) is 43.6 Å². The van der Waals surface area contributed by atoms with Gasteiger partial charge in [-0.25, -0.2) is 0 Å². The number of anilines is 1. The molecule has 6 nitrogen and oxygen atoms in total. The number of nitrogens with zero attached hydrogens (tertiary/aromatic N) is 5. The topological polar surface area (TPSA) is 57.4 Å². The fourth-order valence-corrected chi connectivity index (χ4v) is 9.51. The summed E-state index contributed by atoms with van der Waals surface area (Å²) < 4.78 is 2.17. The molecule has 4 aliphatic carbocycles. The van der Waals surface area contributed by atoms with Gasteiger partial charge in [0.1, 0.15) is 5.82 Å². The molecule has 5 aliphatic rings. The van der Waals surface area contributed by atoms with Gasteiger partial charge in [0.25, 0.3) is 0 Å². The molecule has 0 radical (unpaired) electrons. The Bertz CT molecular complexity index is 1310. The molecule has 3 fully saturated rings. The van der Waals surface area contributed by atoms with Crippen molar-refractivity contribution in [3.63, 3.8) is 0 Å². The highest BCUT2D eigenvalue weighted by molar-refractivity contribution is 5.44. The number of piperazine rings is 1. The van der Waals surface area contributed by atoms with Crippen LogP contribution in [0.15, 0.2) is 53.6 Å². The molecule has 2 aromatic rings. The van der Waals surface area contributed by atoms with Crippen LogP contribution in [0.5, 0.6) is 0 Å². The van der Waals surface area contributed by atoms with E-state index in [2.05, 4.69) is 74.8 Å². The number of allylic oxidation sites excluding steroid dienone is 4. The number of benzene rings is 1. The van der Waals surface area contributed by atoms with E-state index in [1.54, 1.807) is 11.1 Å². The van der Waals surface area contributed by atoms with E-state index in [0.717, 1.165) is 69.4 Å². The third-order valence-electron chi connectivity index (χ3n) is 12.0. The molecule has 0 amide bonds. The summed E-state index contributed by atoms with van der Waals surface area (Å²) in [6.45, 7) is 11.8. The maximum absolute atomic E-state index is 12.3. The van der Waals surface area contributed by atoms with E-state index in [1.807, 2.05) is 13.0 Å². The fraction of sp³-hybridized carbons (Fsp3) is 0.647. The highest BCUT2D eigenvalue weighted by atomic mass is 16.3. The molecule has 7 rings (SSSR count). The summed E-state index contributed by atoms with van der Waals surface area (Å²) in [6, 6.07) is 10.4. The van der Waals surface area contributed by atoms with E-state index in [4.69, 9.17) is 0 Å². The molecule has 1 aliphatic heterocycles. The lowest BCUT2D eigenvalue weighted by Gasteiger charge is -2.55. The maximum atomic E-state index is 12.3. The summed E-state index contributed by atoms with van der Waals surface area (Å²) >= 11 is 0. The molecular formula is C34H47N5O. The summed E-state index contributed by atoms with van der Waals surface area (Å²) in [5.74, 6) is 3.15. The predicted molar refractivity (Wildman–Crippen MR) is 161 cm³/mol. The second-order valence-electron chi connectivity index (χ2n) is 13.9. The fourth-order valence-electron chi connectivity index (χ4n) is 9.51. The van der Waals surface area contributed by atoms with Crippen molar-refractivity contribution >= 4 is 5.95 Å². The number of aromatic nitrogens is 3. The molecule has 40 heavy (non-hydrogen) atoms. The van der Waals surface area contributed by atoms with Crippen LogP contribution in [0.3, 0.4) is 0 Å². The highest BCUT2D eigenvalue weighted by Crippen LogP contribution is 2.66. The second-order valence-corrected chi connectivity index (χ2v) is 13.9. The first-order valence-corrected chi connectivity index (χ1v) is 15.9. The van der Waals surface area contributed by atoms with Crippen molar-refractivity contribution in [2.45, 2.75) is 84.2 Å².